The van der Waals surface area contributed by atoms with E-state index in [0.717, 1.165) is 38.9 Å². The molecule has 0 unspecified atom stereocenters. The third kappa shape index (κ3) is 15.1. The molecule has 0 aliphatic rings. The van der Waals surface area contributed by atoms with Crippen LogP contribution in [0.5, 0.6) is 0 Å². The number of hydrogen-bond donors (Lipinski definition) is 4. The number of rotatable bonds is 12. The molecule has 0 aliphatic carbocycles. The zero-order chi connectivity index (χ0) is 12.8. The molecule has 6 heteroatoms. The van der Waals surface area contributed by atoms with Gasteiger partial charge in [-0.3, -0.25) is 5.32 Å². The van der Waals surface area contributed by atoms with Gasteiger partial charge in [-0.15, -0.1) is 0 Å². The second-order valence-corrected chi connectivity index (χ2v) is 3.33. The number of hydrogen-bond acceptors (Lipinski definition) is 5. The Kier molecular flexibility index (Phi) is 12.4. The molecule has 0 rings (SSSR count). The van der Waals surface area contributed by atoms with Crippen molar-refractivity contribution >= 4 is 5.97 Å². The van der Waals surface area contributed by atoms with E-state index in [1.165, 1.54) is 0 Å². The van der Waals surface area contributed by atoms with Gasteiger partial charge in [-0.2, -0.15) is 0 Å². The summed E-state index contributed by atoms with van der Waals surface area (Å²) in [5.41, 5.74) is 0. The van der Waals surface area contributed by atoms with Gasteiger partial charge in [0.05, 0.1) is 6.73 Å². The van der Waals surface area contributed by atoms with Gasteiger partial charge in [0, 0.05) is 45.4 Å². The third-order valence-electron chi connectivity index (χ3n) is 1.89. The van der Waals surface area contributed by atoms with E-state index in [-0.39, 0.29) is 0 Å². The molecule has 0 aromatic heterocycles. The summed E-state index contributed by atoms with van der Waals surface area (Å²) >= 11 is 0. The Morgan fingerprint density at radius 3 is 2.47 bits per heavy atom. The smallest absolute Gasteiger partial charge is 0.328 e. The zero-order valence-electron chi connectivity index (χ0n) is 10.4. The van der Waals surface area contributed by atoms with E-state index in [9.17, 15) is 4.79 Å². The van der Waals surface area contributed by atoms with E-state index in [1.807, 2.05) is 6.92 Å². The Balaban J connectivity index is 3.01. The van der Waals surface area contributed by atoms with E-state index in [4.69, 9.17) is 9.84 Å². The maximum Gasteiger partial charge on any atom is 0.328 e. The third-order valence-corrected chi connectivity index (χ3v) is 1.89. The molecule has 4 N–H and O–H groups in total. The molecule has 0 saturated carbocycles. The van der Waals surface area contributed by atoms with Crippen LogP contribution in [0.4, 0.5) is 0 Å². The lowest BCUT2D eigenvalue weighted by atomic mass is 10.4. The van der Waals surface area contributed by atoms with Gasteiger partial charge in [-0.1, -0.05) is 6.08 Å². The maximum atomic E-state index is 10.1. The molecule has 0 aliphatic heterocycles. The number of carboxylic acids is 1. The second-order valence-electron chi connectivity index (χ2n) is 3.33. The van der Waals surface area contributed by atoms with Crippen LogP contribution in [-0.2, 0) is 9.53 Å². The minimum absolute atomic E-state index is 0.580. The van der Waals surface area contributed by atoms with Crippen LogP contribution in [0.25, 0.3) is 0 Å². The lowest BCUT2D eigenvalue weighted by Gasteiger charge is -2.06. The Hall–Kier alpha value is -0.950. The first-order valence-corrected chi connectivity index (χ1v) is 5.86. The first-order chi connectivity index (χ1) is 8.27. The highest BCUT2D eigenvalue weighted by molar-refractivity contribution is 5.79. The largest absolute Gasteiger partial charge is 0.478 e. The molecule has 0 aromatic carbocycles. The Morgan fingerprint density at radius 2 is 1.82 bits per heavy atom. The van der Waals surface area contributed by atoms with Gasteiger partial charge in [0.2, 0.25) is 0 Å². The lowest BCUT2D eigenvalue weighted by molar-refractivity contribution is -0.131. The van der Waals surface area contributed by atoms with Crippen LogP contribution in [0.3, 0.4) is 0 Å². The van der Waals surface area contributed by atoms with Crippen molar-refractivity contribution in [3.05, 3.63) is 12.2 Å². The van der Waals surface area contributed by atoms with Gasteiger partial charge in [0.25, 0.3) is 0 Å². The molecule has 0 spiro atoms. The molecule has 6 nitrogen and oxygen atoms in total. The van der Waals surface area contributed by atoms with Crippen LogP contribution >= 0.6 is 0 Å². The standard InChI is InChI=1S/C11H23N3O3/c1-2-17-10-14-9-8-13-7-6-12-5-3-4-11(15)16/h3-4,12-14H,2,5-10H2,1H3,(H,15,16). The van der Waals surface area contributed by atoms with Crippen LogP contribution in [0, 0.1) is 0 Å². The molecule has 0 saturated heterocycles. The van der Waals surface area contributed by atoms with E-state index >= 15 is 0 Å². The molecule has 0 radical (unpaired) electrons. The van der Waals surface area contributed by atoms with Gasteiger partial charge >= 0.3 is 5.97 Å². The lowest BCUT2D eigenvalue weighted by Crippen LogP contribution is -2.33. The molecular weight excluding hydrogens is 222 g/mol. The minimum Gasteiger partial charge on any atom is -0.478 e. The SMILES string of the molecule is CCOCNCCNCCNCC=CC(=O)O. The second kappa shape index (κ2) is 13.1. The van der Waals surface area contributed by atoms with Gasteiger partial charge in [-0.25, -0.2) is 4.79 Å². The van der Waals surface area contributed by atoms with Crippen LogP contribution in [0.1, 0.15) is 6.92 Å². The minimum atomic E-state index is -0.912. The molecule has 0 amide bonds. The number of ether oxygens (including phenoxy) is 1. The number of carboxylic acid groups (broad SMARTS) is 1. The molecule has 0 heterocycles. The Labute approximate surface area is 102 Å². The highest BCUT2D eigenvalue weighted by Crippen LogP contribution is 1.70. The number of nitrogens with one attached hydrogen (secondary N) is 3. The van der Waals surface area contributed by atoms with Crippen LogP contribution in [-0.4, -0.2) is 57.1 Å². The summed E-state index contributed by atoms with van der Waals surface area (Å²) in [6, 6.07) is 0. The first-order valence-electron chi connectivity index (χ1n) is 5.86. The molecule has 0 fully saturated rings. The van der Waals surface area contributed by atoms with Crippen LogP contribution in [0.2, 0.25) is 0 Å². The zero-order valence-corrected chi connectivity index (χ0v) is 10.4. The molecule has 0 bridgehead atoms. The van der Waals surface area contributed by atoms with Crippen molar-refractivity contribution in [2.75, 3.05) is 46.1 Å². The molecule has 0 atom stereocenters. The monoisotopic (exact) mass is 245 g/mol. The summed E-state index contributed by atoms with van der Waals surface area (Å²) in [6.45, 7) is 7.30. The Morgan fingerprint density at radius 1 is 1.18 bits per heavy atom. The van der Waals surface area contributed by atoms with E-state index in [0.29, 0.717) is 13.3 Å². The fourth-order valence-corrected chi connectivity index (χ4v) is 1.07. The molecule has 17 heavy (non-hydrogen) atoms. The highest BCUT2D eigenvalue weighted by atomic mass is 16.5. The predicted octanol–water partition coefficient (Wildman–Crippen LogP) is -0.610. The van der Waals surface area contributed by atoms with Crippen molar-refractivity contribution in [3.8, 4) is 0 Å². The van der Waals surface area contributed by atoms with Crippen molar-refractivity contribution in [2.24, 2.45) is 0 Å². The number of aliphatic carboxylic acids is 1. The van der Waals surface area contributed by atoms with Gasteiger partial charge in [0.1, 0.15) is 0 Å². The summed E-state index contributed by atoms with van der Waals surface area (Å²) in [6.07, 6.45) is 2.73. The highest BCUT2D eigenvalue weighted by Gasteiger charge is 1.88. The summed E-state index contributed by atoms with van der Waals surface area (Å²) in [7, 11) is 0. The summed E-state index contributed by atoms with van der Waals surface area (Å²) in [5.74, 6) is -0.912. The molecular formula is C11H23N3O3. The maximum absolute atomic E-state index is 10.1. The van der Waals surface area contributed by atoms with Gasteiger partial charge in [0.15, 0.2) is 0 Å². The Bertz CT molecular complexity index is 210. The fraction of sp³-hybridized carbons (Fsp3) is 0.727. The molecule has 0 aromatic rings. The van der Waals surface area contributed by atoms with Crippen LogP contribution < -0.4 is 16.0 Å². The first kappa shape index (κ1) is 16.1. The summed E-state index contributed by atoms with van der Waals surface area (Å²) in [5, 5.41) is 17.8. The van der Waals surface area contributed by atoms with Crippen molar-refractivity contribution < 1.29 is 14.6 Å². The van der Waals surface area contributed by atoms with E-state index in [1.54, 1.807) is 6.08 Å². The fourth-order valence-electron chi connectivity index (χ4n) is 1.07. The van der Waals surface area contributed by atoms with Crippen molar-refractivity contribution in [1.29, 1.82) is 0 Å². The van der Waals surface area contributed by atoms with Crippen molar-refractivity contribution in [3.63, 3.8) is 0 Å². The van der Waals surface area contributed by atoms with Gasteiger partial charge < -0.3 is 20.5 Å². The van der Waals surface area contributed by atoms with E-state index in [2.05, 4.69) is 16.0 Å². The normalized spacial score (nSPS) is 11.1. The number of carbonyl (C=O) groups is 1. The van der Waals surface area contributed by atoms with E-state index < -0.39 is 5.97 Å². The topological polar surface area (TPSA) is 82.6 Å². The quantitative estimate of drug-likeness (QED) is 0.209. The molecule has 100 valence electrons. The average molecular weight is 245 g/mol. The van der Waals surface area contributed by atoms with Gasteiger partial charge in [-0.05, 0) is 6.92 Å². The van der Waals surface area contributed by atoms with Crippen molar-refractivity contribution in [1.82, 2.24) is 16.0 Å². The summed E-state index contributed by atoms with van der Waals surface area (Å²) in [4.78, 5) is 10.1. The average Bonchev–Trinajstić information content (AvgIpc) is 2.30. The van der Waals surface area contributed by atoms with Crippen molar-refractivity contribution in [2.45, 2.75) is 6.92 Å². The summed E-state index contributed by atoms with van der Waals surface area (Å²) < 4.78 is 5.12. The predicted molar refractivity (Wildman–Crippen MR) is 67.0 cm³/mol. The van der Waals surface area contributed by atoms with Crippen LogP contribution in [0.15, 0.2) is 12.2 Å².